The van der Waals surface area contributed by atoms with Gasteiger partial charge in [0.2, 0.25) is 0 Å². The van der Waals surface area contributed by atoms with E-state index in [1.165, 1.54) is 0 Å². The third kappa shape index (κ3) is 2.58. The van der Waals surface area contributed by atoms with E-state index in [1.807, 2.05) is 57.2 Å². The topological polar surface area (TPSA) is 20.2 Å². The largest absolute Gasteiger partial charge is 0.384 e. The van der Waals surface area contributed by atoms with Crippen molar-refractivity contribution in [3.63, 3.8) is 0 Å². The molecule has 2 aromatic rings. The molecule has 0 aromatic heterocycles. The van der Waals surface area contributed by atoms with E-state index >= 15 is 0 Å². The van der Waals surface area contributed by atoms with Crippen molar-refractivity contribution in [1.82, 2.24) is 0 Å². The van der Waals surface area contributed by atoms with Crippen LogP contribution in [0, 0.1) is 20.8 Å². The van der Waals surface area contributed by atoms with Crippen LogP contribution in [0.15, 0.2) is 36.4 Å². The van der Waals surface area contributed by atoms with Gasteiger partial charge in [-0.2, -0.15) is 0 Å². The van der Waals surface area contributed by atoms with Crippen LogP contribution < -0.4 is 0 Å². The van der Waals surface area contributed by atoms with E-state index in [1.54, 1.807) is 0 Å². The van der Waals surface area contributed by atoms with E-state index in [0.29, 0.717) is 5.02 Å². The molecule has 0 heterocycles. The fourth-order valence-corrected chi connectivity index (χ4v) is 2.41. The van der Waals surface area contributed by atoms with E-state index in [9.17, 15) is 5.11 Å². The van der Waals surface area contributed by atoms with Gasteiger partial charge in [-0.25, -0.2) is 0 Å². The van der Waals surface area contributed by atoms with Gasteiger partial charge >= 0.3 is 0 Å². The van der Waals surface area contributed by atoms with Gasteiger partial charge in [0, 0.05) is 10.6 Å². The maximum atomic E-state index is 10.5. The smallest absolute Gasteiger partial charge is 0.106 e. The first-order valence-corrected chi connectivity index (χ1v) is 6.38. The standard InChI is InChI=1S/C16H17ClO/c1-10-4-6-12(3)14(8-10)16(18)13-7-5-11(2)9-15(13)17/h4-9,16,18H,1-3H3. The van der Waals surface area contributed by atoms with E-state index in [0.717, 1.165) is 27.8 Å². The van der Waals surface area contributed by atoms with Crippen molar-refractivity contribution in [1.29, 1.82) is 0 Å². The summed E-state index contributed by atoms with van der Waals surface area (Å²) in [5, 5.41) is 11.1. The maximum Gasteiger partial charge on any atom is 0.106 e. The molecular formula is C16H17ClO. The lowest BCUT2D eigenvalue weighted by atomic mass is 9.95. The van der Waals surface area contributed by atoms with Gasteiger partial charge in [0.05, 0.1) is 0 Å². The number of benzene rings is 2. The molecule has 2 heteroatoms. The van der Waals surface area contributed by atoms with Crippen LogP contribution in [0.3, 0.4) is 0 Å². The summed E-state index contributed by atoms with van der Waals surface area (Å²) in [5.74, 6) is 0. The summed E-state index contributed by atoms with van der Waals surface area (Å²) in [6, 6.07) is 11.8. The van der Waals surface area contributed by atoms with Crippen LogP contribution in [-0.4, -0.2) is 5.11 Å². The molecule has 0 bridgehead atoms. The second-order valence-electron chi connectivity index (χ2n) is 4.79. The Morgan fingerprint density at radius 2 is 1.50 bits per heavy atom. The normalized spacial score (nSPS) is 12.5. The summed E-state index contributed by atoms with van der Waals surface area (Å²) in [6.45, 7) is 6.01. The summed E-state index contributed by atoms with van der Waals surface area (Å²) in [4.78, 5) is 0. The zero-order chi connectivity index (χ0) is 13.3. The zero-order valence-electron chi connectivity index (χ0n) is 10.9. The van der Waals surface area contributed by atoms with Crippen molar-refractivity contribution in [2.24, 2.45) is 0 Å². The second-order valence-corrected chi connectivity index (χ2v) is 5.19. The van der Waals surface area contributed by atoms with E-state index in [4.69, 9.17) is 11.6 Å². The second kappa shape index (κ2) is 5.13. The van der Waals surface area contributed by atoms with Gasteiger partial charge in [-0.1, -0.05) is 47.5 Å². The Morgan fingerprint density at radius 3 is 2.17 bits per heavy atom. The molecule has 0 radical (unpaired) electrons. The molecular weight excluding hydrogens is 244 g/mol. The quantitative estimate of drug-likeness (QED) is 0.851. The molecule has 0 aliphatic carbocycles. The summed E-state index contributed by atoms with van der Waals surface area (Å²) < 4.78 is 0. The summed E-state index contributed by atoms with van der Waals surface area (Å²) in [6.07, 6.45) is -0.669. The highest BCUT2D eigenvalue weighted by Gasteiger charge is 2.16. The third-order valence-electron chi connectivity index (χ3n) is 3.18. The van der Waals surface area contributed by atoms with Crippen LogP contribution in [0.5, 0.6) is 0 Å². The van der Waals surface area contributed by atoms with Gasteiger partial charge in [-0.05, 0) is 43.5 Å². The maximum absolute atomic E-state index is 10.5. The van der Waals surface area contributed by atoms with Crippen LogP contribution in [0.2, 0.25) is 5.02 Å². The SMILES string of the molecule is Cc1ccc(C(O)c2cc(C)ccc2C)c(Cl)c1. The molecule has 0 saturated carbocycles. The van der Waals surface area contributed by atoms with E-state index < -0.39 is 6.10 Å². The predicted octanol–water partition coefficient (Wildman–Crippen LogP) is 4.35. The molecule has 0 amide bonds. The van der Waals surface area contributed by atoms with Crippen molar-refractivity contribution in [3.8, 4) is 0 Å². The van der Waals surface area contributed by atoms with Crippen molar-refractivity contribution >= 4 is 11.6 Å². The molecule has 94 valence electrons. The molecule has 0 aliphatic heterocycles. The first-order chi connectivity index (χ1) is 8.49. The van der Waals surface area contributed by atoms with Gasteiger partial charge in [-0.15, -0.1) is 0 Å². The lowest BCUT2D eigenvalue weighted by Gasteiger charge is -2.16. The van der Waals surface area contributed by atoms with Crippen LogP contribution in [0.4, 0.5) is 0 Å². The molecule has 2 rings (SSSR count). The van der Waals surface area contributed by atoms with E-state index in [-0.39, 0.29) is 0 Å². The van der Waals surface area contributed by atoms with Crippen LogP contribution >= 0.6 is 11.6 Å². The highest BCUT2D eigenvalue weighted by molar-refractivity contribution is 6.31. The van der Waals surface area contributed by atoms with Crippen molar-refractivity contribution < 1.29 is 5.11 Å². The molecule has 2 aromatic carbocycles. The molecule has 0 spiro atoms. The molecule has 1 N–H and O–H groups in total. The van der Waals surface area contributed by atoms with Gasteiger partial charge in [0.15, 0.2) is 0 Å². The Balaban J connectivity index is 2.47. The molecule has 1 unspecified atom stereocenters. The lowest BCUT2D eigenvalue weighted by Crippen LogP contribution is -2.03. The first kappa shape index (κ1) is 13.1. The van der Waals surface area contributed by atoms with Gasteiger partial charge in [0.1, 0.15) is 6.10 Å². The Morgan fingerprint density at radius 1 is 0.889 bits per heavy atom. The Bertz CT molecular complexity index is 575. The first-order valence-electron chi connectivity index (χ1n) is 6.00. The average molecular weight is 261 g/mol. The highest BCUT2D eigenvalue weighted by atomic mass is 35.5. The summed E-state index contributed by atoms with van der Waals surface area (Å²) in [7, 11) is 0. The Labute approximate surface area is 113 Å². The van der Waals surface area contributed by atoms with Crippen molar-refractivity contribution in [2.75, 3.05) is 0 Å². The molecule has 0 aliphatic rings. The fraction of sp³-hybridized carbons (Fsp3) is 0.250. The zero-order valence-corrected chi connectivity index (χ0v) is 11.6. The molecule has 0 saturated heterocycles. The molecule has 1 nitrogen and oxygen atoms in total. The number of halogens is 1. The number of hydrogen-bond donors (Lipinski definition) is 1. The number of aryl methyl sites for hydroxylation is 3. The van der Waals surface area contributed by atoms with E-state index in [2.05, 4.69) is 0 Å². The van der Waals surface area contributed by atoms with Crippen LogP contribution in [-0.2, 0) is 0 Å². The van der Waals surface area contributed by atoms with Crippen molar-refractivity contribution in [2.45, 2.75) is 26.9 Å². The molecule has 18 heavy (non-hydrogen) atoms. The number of aliphatic hydroxyl groups is 1. The minimum absolute atomic E-state index is 0.614. The monoisotopic (exact) mass is 260 g/mol. The average Bonchev–Trinajstić information content (AvgIpc) is 2.31. The van der Waals surface area contributed by atoms with Crippen molar-refractivity contribution in [3.05, 3.63) is 69.2 Å². The third-order valence-corrected chi connectivity index (χ3v) is 3.51. The van der Waals surface area contributed by atoms with Crippen LogP contribution in [0.1, 0.15) is 33.9 Å². The fourth-order valence-electron chi connectivity index (χ4n) is 2.08. The minimum Gasteiger partial charge on any atom is -0.384 e. The minimum atomic E-state index is -0.669. The number of hydrogen-bond acceptors (Lipinski definition) is 1. The Hall–Kier alpha value is -1.31. The highest BCUT2D eigenvalue weighted by Crippen LogP contribution is 2.31. The summed E-state index contributed by atoms with van der Waals surface area (Å²) >= 11 is 6.21. The van der Waals surface area contributed by atoms with Gasteiger partial charge in [-0.3, -0.25) is 0 Å². The predicted molar refractivity (Wildman–Crippen MR) is 76.2 cm³/mol. The van der Waals surface area contributed by atoms with Gasteiger partial charge in [0.25, 0.3) is 0 Å². The molecule has 1 atom stereocenters. The summed E-state index contributed by atoms with van der Waals surface area (Å²) in [5.41, 5.74) is 4.98. The Kier molecular flexibility index (Phi) is 3.74. The number of rotatable bonds is 2. The van der Waals surface area contributed by atoms with Gasteiger partial charge < -0.3 is 5.11 Å². The molecule has 0 fully saturated rings. The number of aliphatic hydroxyl groups excluding tert-OH is 1. The lowest BCUT2D eigenvalue weighted by molar-refractivity contribution is 0.219. The van der Waals surface area contributed by atoms with Crippen LogP contribution in [0.25, 0.3) is 0 Å².